The third-order valence-electron chi connectivity index (χ3n) is 2.67. The monoisotopic (exact) mass is 392 g/mol. The van der Waals surface area contributed by atoms with Crippen LogP contribution in [-0.2, 0) is 7.05 Å². The lowest BCUT2D eigenvalue weighted by molar-refractivity contribution is 0.573. The van der Waals surface area contributed by atoms with Crippen LogP contribution in [0.1, 0.15) is 29.1 Å². The summed E-state index contributed by atoms with van der Waals surface area (Å²) in [5.74, 6) is 0. The van der Waals surface area contributed by atoms with Gasteiger partial charge in [-0.15, -0.1) is 16.4 Å². The molecule has 2 aromatic heterocycles. The first-order valence-corrected chi connectivity index (χ1v) is 7.99. The van der Waals surface area contributed by atoms with Gasteiger partial charge in [0.05, 0.1) is 15.5 Å². The molecule has 0 aliphatic rings. The Morgan fingerprint density at radius 2 is 2.22 bits per heavy atom. The van der Waals surface area contributed by atoms with Crippen molar-refractivity contribution in [2.75, 3.05) is 6.54 Å². The maximum atomic E-state index is 4.06. The molecule has 0 fully saturated rings. The summed E-state index contributed by atoms with van der Waals surface area (Å²) in [5, 5.41) is 11.6. The molecule has 0 amide bonds. The van der Waals surface area contributed by atoms with Crippen molar-refractivity contribution in [3.63, 3.8) is 0 Å². The van der Waals surface area contributed by atoms with Crippen molar-refractivity contribution in [3.8, 4) is 0 Å². The molecule has 4 nitrogen and oxygen atoms in total. The molecule has 0 aliphatic heterocycles. The Hall–Kier alpha value is -0.240. The Morgan fingerprint density at radius 1 is 1.50 bits per heavy atom. The Bertz CT molecular complexity index is 510. The summed E-state index contributed by atoms with van der Waals surface area (Å²) in [4.78, 5) is 1.26. The maximum Gasteiger partial charge on any atom is 0.153 e. The van der Waals surface area contributed by atoms with Gasteiger partial charge in [0.25, 0.3) is 0 Å². The Balaban J connectivity index is 2.46. The lowest BCUT2D eigenvalue weighted by atomic mass is 10.1. The molecule has 0 spiro atoms. The van der Waals surface area contributed by atoms with Crippen LogP contribution in [0.2, 0.25) is 0 Å². The van der Waals surface area contributed by atoms with Gasteiger partial charge in [-0.1, -0.05) is 12.1 Å². The SMILES string of the molecule is CCNC(c1cc(C)c(Br)s1)c1c(Br)nnn1C. The van der Waals surface area contributed by atoms with E-state index >= 15 is 0 Å². The summed E-state index contributed by atoms with van der Waals surface area (Å²) < 4.78 is 3.77. The van der Waals surface area contributed by atoms with Crippen LogP contribution in [0.4, 0.5) is 0 Å². The number of thiophene rings is 1. The predicted octanol–water partition coefficient (Wildman–Crippen LogP) is 3.41. The molecule has 1 N–H and O–H groups in total. The lowest BCUT2D eigenvalue weighted by Gasteiger charge is -2.16. The summed E-state index contributed by atoms with van der Waals surface area (Å²) in [5.41, 5.74) is 2.30. The van der Waals surface area contributed by atoms with E-state index in [1.165, 1.54) is 14.2 Å². The molecule has 1 atom stereocenters. The minimum absolute atomic E-state index is 0.111. The van der Waals surface area contributed by atoms with Gasteiger partial charge in [-0.2, -0.15) is 0 Å². The molecule has 98 valence electrons. The molecule has 1 unspecified atom stereocenters. The maximum absolute atomic E-state index is 4.06. The van der Waals surface area contributed by atoms with Crippen molar-refractivity contribution in [3.05, 3.63) is 30.6 Å². The largest absolute Gasteiger partial charge is 0.305 e. The van der Waals surface area contributed by atoms with Gasteiger partial charge in [0.15, 0.2) is 4.60 Å². The number of hydrogen-bond acceptors (Lipinski definition) is 4. The Kier molecular flexibility index (Phi) is 4.58. The van der Waals surface area contributed by atoms with Crippen LogP contribution in [0, 0.1) is 6.92 Å². The molecule has 0 aromatic carbocycles. The average Bonchev–Trinajstić information content (AvgIpc) is 2.81. The number of hydrogen-bond donors (Lipinski definition) is 1. The van der Waals surface area contributed by atoms with Gasteiger partial charge in [0.1, 0.15) is 0 Å². The van der Waals surface area contributed by atoms with E-state index in [2.05, 4.69) is 67.4 Å². The van der Waals surface area contributed by atoms with Crippen LogP contribution in [0.25, 0.3) is 0 Å². The van der Waals surface area contributed by atoms with E-state index in [0.29, 0.717) is 0 Å². The van der Waals surface area contributed by atoms with Gasteiger partial charge in [0, 0.05) is 11.9 Å². The molecule has 2 rings (SSSR count). The highest BCUT2D eigenvalue weighted by molar-refractivity contribution is 9.11. The molecule has 0 radical (unpaired) electrons. The van der Waals surface area contributed by atoms with Gasteiger partial charge in [-0.3, -0.25) is 0 Å². The molecule has 2 heterocycles. The highest BCUT2D eigenvalue weighted by atomic mass is 79.9. The van der Waals surface area contributed by atoms with Crippen molar-refractivity contribution in [2.24, 2.45) is 7.05 Å². The second kappa shape index (κ2) is 5.81. The molecule has 0 bridgehead atoms. The highest BCUT2D eigenvalue weighted by Gasteiger charge is 2.23. The van der Waals surface area contributed by atoms with Gasteiger partial charge in [-0.05, 0) is 57.0 Å². The fourth-order valence-corrected chi connectivity index (χ4v) is 4.01. The topological polar surface area (TPSA) is 42.7 Å². The van der Waals surface area contributed by atoms with Gasteiger partial charge < -0.3 is 5.32 Å². The van der Waals surface area contributed by atoms with Gasteiger partial charge >= 0.3 is 0 Å². The first-order chi connectivity index (χ1) is 8.54. The second-order valence-electron chi connectivity index (χ2n) is 3.99. The van der Waals surface area contributed by atoms with E-state index in [9.17, 15) is 0 Å². The van der Waals surface area contributed by atoms with Crippen LogP contribution in [-0.4, -0.2) is 21.5 Å². The molecular formula is C11H14Br2N4S. The van der Waals surface area contributed by atoms with Crippen molar-refractivity contribution in [1.29, 1.82) is 0 Å². The molecule has 18 heavy (non-hydrogen) atoms. The van der Waals surface area contributed by atoms with E-state index in [-0.39, 0.29) is 6.04 Å². The Labute approximate surface area is 127 Å². The molecule has 2 aromatic rings. The number of nitrogens with one attached hydrogen (secondary N) is 1. The van der Waals surface area contributed by atoms with Crippen molar-refractivity contribution < 1.29 is 0 Å². The molecular weight excluding hydrogens is 380 g/mol. The zero-order valence-electron chi connectivity index (χ0n) is 10.4. The first kappa shape index (κ1) is 14.2. The smallest absolute Gasteiger partial charge is 0.153 e. The van der Waals surface area contributed by atoms with Crippen molar-refractivity contribution in [2.45, 2.75) is 19.9 Å². The van der Waals surface area contributed by atoms with Crippen LogP contribution in [0.3, 0.4) is 0 Å². The van der Waals surface area contributed by atoms with Crippen LogP contribution in [0.15, 0.2) is 14.5 Å². The normalized spacial score (nSPS) is 12.9. The first-order valence-electron chi connectivity index (χ1n) is 5.58. The van der Waals surface area contributed by atoms with Crippen LogP contribution < -0.4 is 5.32 Å². The number of aryl methyl sites for hydroxylation is 2. The van der Waals surface area contributed by atoms with E-state index in [1.807, 2.05) is 7.05 Å². The molecule has 7 heteroatoms. The molecule has 0 saturated heterocycles. The third-order valence-corrected chi connectivity index (χ3v) is 5.44. The average molecular weight is 394 g/mol. The standard InChI is InChI=1S/C11H14Br2N4S/c1-4-14-8(7-5-6(2)11(13)18-7)9-10(12)15-16-17(9)3/h5,8,14H,4H2,1-3H3. The summed E-state index contributed by atoms with van der Waals surface area (Å²) in [7, 11) is 1.91. The van der Waals surface area contributed by atoms with Gasteiger partial charge in [-0.25, -0.2) is 4.68 Å². The second-order valence-corrected chi connectivity index (χ2v) is 7.14. The van der Waals surface area contributed by atoms with E-state index < -0.39 is 0 Å². The third kappa shape index (κ3) is 2.68. The minimum atomic E-state index is 0.111. The highest BCUT2D eigenvalue weighted by Crippen LogP contribution is 2.35. The summed E-state index contributed by atoms with van der Waals surface area (Å²) in [6.45, 7) is 5.08. The van der Waals surface area contributed by atoms with E-state index in [0.717, 1.165) is 16.8 Å². The zero-order chi connectivity index (χ0) is 13.3. The summed E-state index contributed by atoms with van der Waals surface area (Å²) >= 11 is 8.79. The lowest BCUT2D eigenvalue weighted by Crippen LogP contribution is -2.23. The number of halogens is 2. The summed E-state index contributed by atoms with van der Waals surface area (Å²) in [6, 6.07) is 2.31. The molecule has 0 aliphatic carbocycles. The summed E-state index contributed by atoms with van der Waals surface area (Å²) in [6.07, 6.45) is 0. The van der Waals surface area contributed by atoms with Crippen LogP contribution in [0.5, 0.6) is 0 Å². The van der Waals surface area contributed by atoms with Crippen LogP contribution >= 0.6 is 43.2 Å². The van der Waals surface area contributed by atoms with Crippen molar-refractivity contribution in [1.82, 2.24) is 20.3 Å². The predicted molar refractivity (Wildman–Crippen MR) is 81.0 cm³/mol. The zero-order valence-corrected chi connectivity index (χ0v) is 14.4. The fourth-order valence-electron chi connectivity index (χ4n) is 1.81. The number of nitrogens with zero attached hydrogens (tertiary/aromatic N) is 3. The Morgan fingerprint density at radius 3 is 2.67 bits per heavy atom. The molecule has 0 saturated carbocycles. The van der Waals surface area contributed by atoms with E-state index in [1.54, 1.807) is 16.0 Å². The van der Waals surface area contributed by atoms with E-state index in [4.69, 9.17) is 0 Å². The fraction of sp³-hybridized carbons (Fsp3) is 0.455. The quantitative estimate of drug-likeness (QED) is 0.865. The number of aromatic nitrogens is 3. The minimum Gasteiger partial charge on any atom is -0.305 e. The van der Waals surface area contributed by atoms with Gasteiger partial charge in [0.2, 0.25) is 0 Å². The number of rotatable bonds is 4. The van der Waals surface area contributed by atoms with Crippen molar-refractivity contribution >= 4 is 43.2 Å².